The zero-order chi connectivity index (χ0) is 10.1. The van der Waals surface area contributed by atoms with Crippen molar-refractivity contribution in [1.82, 2.24) is 14.7 Å². The van der Waals surface area contributed by atoms with E-state index < -0.39 is 0 Å². The highest BCUT2D eigenvalue weighted by Gasteiger charge is 2.14. The van der Waals surface area contributed by atoms with Gasteiger partial charge in [-0.1, -0.05) is 13.8 Å². The molecule has 1 aromatic heterocycles. The molecule has 0 aromatic carbocycles. The lowest BCUT2D eigenvalue weighted by Crippen LogP contribution is -2.17. The number of nitrogens with zero attached hydrogens (tertiary/aromatic N) is 3. The highest BCUT2D eigenvalue weighted by atomic mass is 15.3. The Balaban J connectivity index is 2.27. The second-order valence-electron chi connectivity index (χ2n) is 4.53. The molecular weight excluding hydrogens is 174 g/mol. The number of rotatable bonds is 1. The molecule has 1 aliphatic heterocycles. The van der Waals surface area contributed by atoms with E-state index >= 15 is 0 Å². The van der Waals surface area contributed by atoms with Gasteiger partial charge in [-0.05, 0) is 25.5 Å². The molecule has 0 radical (unpaired) electrons. The van der Waals surface area contributed by atoms with Gasteiger partial charge in [0.2, 0.25) is 0 Å². The van der Waals surface area contributed by atoms with Crippen molar-refractivity contribution in [2.75, 3.05) is 13.6 Å². The molecule has 0 saturated heterocycles. The van der Waals surface area contributed by atoms with E-state index in [1.165, 1.54) is 24.4 Å². The van der Waals surface area contributed by atoms with Crippen molar-refractivity contribution in [3.63, 3.8) is 0 Å². The Hall–Kier alpha value is -0.830. The third-order valence-electron chi connectivity index (χ3n) is 2.82. The van der Waals surface area contributed by atoms with Gasteiger partial charge < -0.3 is 4.90 Å². The van der Waals surface area contributed by atoms with Crippen molar-refractivity contribution in [1.29, 1.82) is 0 Å². The second-order valence-corrected chi connectivity index (χ2v) is 4.53. The Morgan fingerprint density at radius 2 is 2.14 bits per heavy atom. The van der Waals surface area contributed by atoms with Crippen molar-refractivity contribution in [3.05, 3.63) is 17.5 Å². The summed E-state index contributed by atoms with van der Waals surface area (Å²) in [4.78, 5) is 2.37. The average Bonchev–Trinajstić information content (AvgIpc) is 2.42. The smallest absolute Gasteiger partial charge is 0.0653 e. The number of aryl methyl sites for hydroxylation is 1. The average molecular weight is 193 g/mol. The maximum atomic E-state index is 4.63. The fraction of sp³-hybridized carbons (Fsp3) is 0.727. The van der Waals surface area contributed by atoms with Crippen LogP contribution in [0, 0.1) is 0 Å². The first kappa shape index (κ1) is 9.71. The summed E-state index contributed by atoms with van der Waals surface area (Å²) >= 11 is 0. The van der Waals surface area contributed by atoms with Crippen molar-refractivity contribution >= 4 is 0 Å². The molecule has 0 spiro atoms. The lowest BCUT2D eigenvalue weighted by molar-refractivity contribution is 0.332. The minimum atomic E-state index is 0.541. The van der Waals surface area contributed by atoms with Gasteiger partial charge in [0.25, 0.3) is 0 Å². The molecule has 0 amide bonds. The largest absolute Gasteiger partial charge is 0.300 e. The van der Waals surface area contributed by atoms with E-state index in [1.54, 1.807) is 0 Å². The van der Waals surface area contributed by atoms with Crippen molar-refractivity contribution in [2.45, 2.75) is 39.3 Å². The normalized spacial score (nSPS) is 18.3. The molecule has 2 rings (SSSR count). The van der Waals surface area contributed by atoms with Crippen LogP contribution in [0.1, 0.15) is 37.6 Å². The number of aromatic nitrogens is 2. The fourth-order valence-electron chi connectivity index (χ4n) is 1.93. The highest BCUT2D eigenvalue weighted by molar-refractivity contribution is 5.14. The third kappa shape index (κ3) is 1.82. The van der Waals surface area contributed by atoms with Crippen LogP contribution in [0.5, 0.6) is 0 Å². The molecule has 0 saturated carbocycles. The quantitative estimate of drug-likeness (QED) is 0.678. The summed E-state index contributed by atoms with van der Waals surface area (Å²) in [7, 11) is 2.18. The molecule has 78 valence electrons. The van der Waals surface area contributed by atoms with Crippen LogP contribution in [0.25, 0.3) is 0 Å². The molecule has 3 nitrogen and oxygen atoms in total. The van der Waals surface area contributed by atoms with Gasteiger partial charge in [0.05, 0.1) is 11.4 Å². The predicted octanol–water partition coefficient (Wildman–Crippen LogP) is 1.84. The molecule has 3 heteroatoms. The van der Waals surface area contributed by atoms with E-state index in [2.05, 4.69) is 41.6 Å². The summed E-state index contributed by atoms with van der Waals surface area (Å²) in [5.74, 6) is 0.541. The second kappa shape index (κ2) is 3.73. The Morgan fingerprint density at radius 3 is 2.86 bits per heavy atom. The summed E-state index contributed by atoms with van der Waals surface area (Å²) in [5.41, 5.74) is 2.60. The molecule has 0 bridgehead atoms. The van der Waals surface area contributed by atoms with E-state index in [0.29, 0.717) is 5.92 Å². The molecule has 0 fully saturated rings. The van der Waals surface area contributed by atoms with E-state index in [1.807, 2.05) is 0 Å². The first-order valence-corrected chi connectivity index (χ1v) is 5.42. The van der Waals surface area contributed by atoms with Gasteiger partial charge >= 0.3 is 0 Å². The lowest BCUT2D eigenvalue weighted by Gasteiger charge is -2.10. The van der Waals surface area contributed by atoms with E-state index in [4.69, 9.17) is 0 Å². The molecule has 0 N–H and O–H groups in total. The summed E-state index contributed by atoms with van der Waals surface area (Å²) in [6.07, 6.45) is 1.21. The molecule has 1 aliphatic rings. The molecule has 0 unspecified atom stereocenters. The topological polar surface area (TPSA) is 21.1 Å². The van der Waals surface area contributed by atoms with Crippen molar-refractivity contribution in [3.8, 4) is 0 Å². The third-order valence-corrected chi connectivity index (χ3v) is 2.82. The van der Waals surface area contributed by atoms with Crippen LogP contribution in [0.15, 0.2) is 6.07 Å². The van der Waals surface area contributed by atoms with Gasteiger partial charge in [0.1, 0.15) is 0 Å². The Kier molecular flexibility index (Phi) is 2.59. The molecule has 2 heterocycles. The van der Waals surface area contributed by atoms with E-state index in [9.17, 15) is 0 Å². The standard InChI is InChI=1S/C11H19N3/c1-9(2)11-7-10-8-13(3)5-4-6-14(10)12-11/h7,9H,4-6,8H2,1-3H3. The molecule has 1 aromatic rings. The minimum Gasteiger partial charge on any atom is -0.300 e. The van der Waals surface area contributed by atoms with Crippen LogP contribution in [0.2, 0.25) is 0 Å². The van der Waals surface area contributed by atoms with Gasteiger partial charge in [-0.2, -0.15) is 5.10 Å². The van der Waals surface area contributed by atoms with Gasteiger partial charge in [-0.25, -0.2) is 0 Å². The van der Waals surface area contributed by atoms with Crippen LogP contribution >= 0.6 is 0 Å². The summed E-state index contributed by atoms with van der Waals surface area (Å²) in [6, 6.07) is 2.26. The fourth-order valence-corrected chi connectivity index (χ4v) is 1.93. The van der Waals surface area contributed by atoms with Crippen molar-refractivity contribution in [2.24, 2.45) is 0 Å². The van der Waals surface area contributed by atoms with Crippen LogP contribution in [-0.2, 0) is 13.1 Å². The first-order chi connectivity index (χ1) is 6.66. The lowest BCUT2D eigenvalue weighted by atomic mass is 10.1. The SMILES string of the molecule is CC(C)c1cc2n(n1)CCCN(C)C2. The Labute approximate surface area is 85.7 Å². The minimum absolute atomic E-state index is 0.541. The van der Waals surface area contributed by atoms with Gasteiger partial charge in [-0.3, -0.25) is 4.68 Å². The number of fused-ring (bicyclic) bond motifs is 1. The van der Waals surface area contributed by atoms with Crippen LogP contribution in [-0.4, -0.2) is 28.3 Å². The molecule has 0 atom stereocenters. The van der Waals surface area contributed by atoms with E-state index in [-0.39, 0.29) is 0 Å². The predicted molar refractivity (Wildman–Crippen MR) is 57.3 cm³/mol. The van der Waals surface area contributed by atoms with Gasteiger partial charge in [0, 0.05) is 19.6 Å². The van der Waals surface area contributed by atoms with Crippen LogP contribution in [0.3, 0.4) is 0 Å². The summed E-state index contributed by atoms with van der Waals surface area (Å²) < 4.78 is 2.18. The monoisotopic (exact) mass is 193 g/mol. The molecule has 14 heavy (non-hydrogen) atoms. The Morgan fingerprint density at radius 1 is 1.36 bits per heavy atom. The zero-order valence-corrected chi connectivity index (χ0v) is 9.32. The van der Waals surface area contributed by atoms with E-state index in [0.717, 1.165) is 13.1 Å². The van der Waals surface area contributed by atoms with Crippen LogP contribution < -0.4 is 0 Å². The number of hydrogen-bond acceptors (Lipinski definition) is 2. The number of hydrogen-bond donors (Lipinski definition) is 0. The first-order valence-electron chi connectivity index (χ1n) is 5.42. The van der Waals surface area contributed by atoms with Crippen LogP contribution in [0.4, 0.5) is 0 Å². The summed E-state index contributed by atoms with van der Waals surface area (Å²) in [6.45, 7) is 7.70. The van der Waals surface area contributed by atoms with Gasteiger partial charge in [-0.15, -0.1) is 0 Å². The summed E-state index contributed by atoms with van der Waals surface area (Å²) in [5, 5.41) is 4.63. The molecular formula is C11H19N3. The van der Waals surface area contributed by atoms with Crippen molar-refractivity contribution < 1.29 is 0 Å². The zero-order valence-electron chi connectivity index (χ0n) is 9.32. The Bertz CT molecular complexity index is 314. The maximum Gasteiger partial charge on any atom is 0.0653 e. The van der Waals surface area contributed by atoms with Gasteiger partial charge in [0.15, 0.2) is 0 Å². The maximum absolute atomic E-state index is 4.63. The highest BCUT2D eigenvalue weighted by Crippen LogP contribution is 2.17. The molecule has 0 aliphatic carbocycles.